The summed E-state index contributed by atoms with van der Waals surface area (Å²) in [5.41, 5.74) is 8.20. The zero-order valence-corrected chi connectivity index (χ0v) is 27.1. The number of nitrogens with zero attached hydrogens (tertiary/aromatic N) is 4. The van der Waals surface area contributed by atoms with Gasteiger partial charge in [0.25, 0.3) is 0 Å². The maximum Gasteiger partial charge on any atom is 0.137 e. The predicted octanol–water partition coefficient (Wildman–Crippen LogP) is 10.5. The second kappa shape index (κ2) is 10.4. The number of hydrogen-bond acceptors (Lipinski definition) is 2. The SMILES string of the molecule is CC(C)(C)c1cccc(-n2c3ccccc3c3cc(CC(C)(C)c4ccc(-n5c6ccccc6c6ccccc65)nc4)ccc32)n1. The highest BCUT2D eigenvalue weighted by Gasteiger charge is 2.24. The van der Waals surface area contributed by atoms with Crippen molar-refractivity contribution in [2.24, 2.45) is 0 Å². The number of para-hydroxylation sites is 3. The Morgan fingerprint density at radius 3 is 1.67 bits per heavy atom. The zero-order chi connectivity index (χ0) is 31.6. The summed E-state index contributed by atoms with van der Waals surface area (Å²) in [6.45, 7) is 11.3. The highest BCUT2D eigenvalue weighted by atomic mass is 15.1. The van der Waals surface area contributed by atoms with Crippen LogP contribution in [-0.4, -0.2) is 19.1 Å². The second-order valence-electron chi connectivity index (χ2n) is 14.2. The number of fused-ring (bicyclic) bond motifs is 6. The molecule has 8 rings (SSSR count). The van der Waals surface area contributed by atoms with Crippen LogP contribution >= 0.6 is 0 Å². The molecule has 0 saturated heterocycles. The highest BCUT2D eigenvalue weighted by molar-refractivity contribution is 6.10. The number of pyridine rings is 2. The first-order valence-electron chi connectivity index (χ1n) is 16.1. The molecule has 8 aromatic rings. The first-order chi connectivity index (χ1) is 22.2. The van der Waals surface area contributed by atoms with Gasteiger partial charge in [0.2, 0.25) is 0 Å². The molecule has 4 heteroatoms. The highest BCUT2D eigenvalue weighted by Crippen LogP contribution is 2.36. The van der Waals surface area contributed by atoms with E-state index in [0.717, 1.165) is 23.8 Å². The lowest BCUT2D eigenvalue weighted by Crippen LogP contribution is -2.21. The molecule has 0 aliphatic heterocycles. The van der Waals surface area contributed by atoms with Gasteiger partial charge in [0, 0.05) is 38.9 Å². The van der Waals surface area contributed by atoms with E-state index in [1.807, 2.05) is 0 Å². The summed E-state index contributed by atoms with van der Waals surface area (Å²) in [6, 6.07) is 43.6. The van der Waals surface area contributed by atoms with Gasteiger partial charge >= 0.3 is 0 Å². The Morgan fingerprint density at radius 1 is 0.522 bits per heavy atom. The van der Waals surface area contributed by atoms with E-state index in [0.29, 0.717) is 0 Å². The van der Waals surface area contributed by atoms with Crippen LogP contribution in [0, 0.1) is 0 Å². The van der Waals surface area contributed by atoms with Crippen LogP contribution in [0.2, 0.25) is 0 Å². The van der Waals surface area contributed by atoms with Crippen LogP contribution in [0.15, 0.2) is 128 Å². The Balaban J connectivity index is 1.16. The fourth-order valence-electron chi connectivity index (χ4n) is 7.04. The average Bonchev–Trinajstić information content (AvgIpc) is 3.57. The summed E-state index contributed by atoms with van der Waals surface area (Å²) in [7, 11) is 0. The van der Waals surface area contributed by atoms with E-state index >= 15 is 0 Å². The molecule has 226 valence electrons. The molecule has 0 atom stereocenters. The van der Waals surface area contributed by atoms with E-state index in [1.165, 1.54) is 54.7 Å². The molecular formula is C42H38N4. The monoisotopic (exact) mass is 598 g/mol. The first kappa shape index (κ1) is 28.3. The van der Waals surface area contributed by atoms with Gasteiger partial charge in [-0.1, -0.05) is 107 Å². The van der Waals surface area contributed by atoms with Crippen molar-refractivity contribution in [1.29, 1.82) is 0 Å². The summed E-state index contributed by atoms with van der Waals surface area (Å²) in [4.78, 5) is 10.2. The molecule has 0 aliphatic carbocycles. The van der Waals surface area contributed by atoms with Gasteiger partial charge in [0.15, 0.2) is 0 Å². The number of hydrogen-bond donors (Lipinski definition) is 0. The van der Waals surface area contributed by atoms with Crippen molar-refractivity contribution >= 4 is 43.6 Å². The van der Waals surface area contributed by atoms with Gasteiger partial charge in [-0.25, -0.2) is 9.97 Å². The van der Waals surface area contributed by atoms with Crippen molar-refractivity contribution in [3.63, 3.8) is 0 Å². The minimum Gasteiger partial charge on any atom is -0.294 e. The van der Waals surface area contributed by atoms with Crippen molar-refractivity contribution in [3.8, 4) is 11.6 Å². The third-order valence-corrected chi connectivity index (χ3v) is 9.45. The van der Waals surface area contributed by atoms with E-state index in [1.54, 1.807) is 0 Å². The lowest BCUT2D eigenvalue weighted by Gasteiger charge is -2.25. The minimum atomic E-state index is -0.110. The topological polar surface area (TPSA) is 35.6 Å². The van der Waals surface area contributed by atoms with Gasteiger partial charge in [0.1, 0.15) is 11.6 Å². The normalized spacial score (nSPS) is 12.5. The Morgan fingerprint density at radius 2 is 1.09 bits per heavy atom. The molecule has 0 radical (unpaired) electrons. The van der Waals surface area contributed by atoms with Crippen LogP contribution in [0.4, 0.5) is 0 Å². The molecule has 4 aromatic carbocycles. The quantitative estimate of drug-likeness (QED) is 0.198. The van der Waals surface area contributed by atoms with Gasteiger partial charge < -0.3 is 0 Å². The Kier molecular flexibility index (Phi) is 6.40. The molecule has 0 aliphatic rings. The van der Waals surface area contributed by atoms with Gasteiger partial charge in [-0.2, -0.15) is 0 Å². The van der Waals surface area contributed by atoms with Crippen LogP contribution in [0.25, 0.3) is 55.2 Å². The van der Waals surface area contributed by atoms with E-state index in [4.69, 9.17) is 9.97 Å². The number of aromatic nitrogens is 4. The largest absolute Gasteiger partial charge is 0.294 e. The summed E-state index contributed by atoms with van der Waals surface area (Å²) >= 11 is 0. The van der Waals surface area contributed by atoms with Crippen molar-refractivity contribution < 1.29 is 0 Å². The summed E-state index contributed by atoms with van der Waals surface area (Å²) < 4.78 is 4.59. The molecule has 0 unspecified atom stereocenters. The lowest BCUT2D eigenvalue weighted by molar-refractivity contribution is 0.520. The molecule has 0 saturated carbocycles. The van der Waals surface area contributed by atoms with E-state index in [2.05, 4.69) is 171 Å². The zero-order valence-electron chi connectivity index (χ0n) is 27.1. The van der Waals surface area contributed by atoms with Crippen LogP contribution in [0.1, 0.15) is 51.4 Å². The molecule has 0 amide bonds. The van der Waals surface area contributed by atoms with Crippen LogP contribution in [0.5, 0.6) is 0 Å². The van der Waals surface area contributed by atoms with Crippen molar-refractivity contribution in [1.82, 2.24) is 19.1 Å². The maximum atomic E-state index is 5.12. The lowest BCUT2D eigenvalue weighted by atomic mass is 9.80. The van der Waals surface area contributed by atoms with Crippen molar-refractivity contribution in [3.05, 3.63) is 144 Å². The summed E-state index contributed by atoms with van der Waals surface area (Å²) in [5, 5.41) is 5.00. The van der Waals surface area contributed by atoms with E-state index in [9.17, 15) is 0 Å². The molecule has 4 heterocycles. The summed E-state index contributed by atoms with van der Waals surface area (Å²) in [5.74, 6) is 1.90. The number of benzene rings is 4. The smallest absolute Gasteiger partial charge is 0.137 e. The fourth-order valence-corrected chi connectivity index (χ4v) is 7.04. The molecule has 0 N–H and O–H groups in total. The Bertz CT molecular complexity index is 2340. The molecule has 46 heavy (non-hydrogen) atoms. The van der Waals surface area contributed by atoms with Crippen molar-refractivity contribution in [2.45, 2.75) is 51.9 Å². The van der Waals surface area contributed by atoms with Crippen LogP contribution < -0.4 is 0 Å². The van der Waals surface area contributed by atoms with Gasteiger partial charge in [-0.3, -0.25) is 9.13 Å². The predicted molar refractivity (Wildman–Crippen MR) is 193 cm³/mol. The molecule has 4 nitrogen and oxygen atoms in total. The molecule has 0 fully saturated rings. The van der Waals surface area contributed by atoms with Gasteiger partial charge in [-0.05, 0) is 71.5 Å². The van der Waals surface area contributed by atoms with E-state index < -0.39 is 0 Å². The molecule has 0 spiro atoms. The standard InChI is InChI=1S/C42H38N4/c1-41(2,3)38-19-12-20-40(44-38)46-36-18-11-8-15-32(36)33-25-28(21-23-37(33)46)26-42(4,5)29-22-24-39(43-27-29)45-34-16-9-6-13-30(34)31-14-7-10-17-35(31)45/h6-25,27H,26H2,1-5H3. The Labute approximate surface area is 270 Å². The maximum absolute atomic E-state index is 5.12. The average molecular weight is 599 g/mol. The third-order valence-electron chi connectivity index (χ3n) is 9.45. The van der Waals surface area contributed by atoms with Gasteiger partial charge in [0.05, 0.1) is 22.1 Å². The van der Waals surface area contributed by atoms with Gasteiger partial charge in [-0.15, -0.1) is 0 Å². The summed E-state index contributed by atoms with van der Waals surface area (Å²) in [6.07, 6.45) is 2.97. The first-order valence-corrected chi connectivity index (χ1v) is 16.1. The minimum absolute atomic E-state index is 0.0238. The molecule has 0 bridgehead atoms. The molecule has 4 aromatic heterocycles. The third kappa shape index (κ3) is 4.59. The van der Waals surface area contributed by atoms with Crippen molar-refractivity contribution in [2.75, 3.05) is 0 Å². The van der Waals surface area contributed by atoms with E-state index in [-0.39, 0.29) is 10.8 Å². The Hall–Kier alpha value is -5.22. The van der Waals surface area contributed by atoms with Crippen LogP contribution in [-0.2, 0) is 17.3 Å². The number of rotatable bonds is 5. The second-order valence-corrected chi connectivity index (χ2v) is 14.2. The molecular weight excluding hydrogens is 560 g/mol. The van der Waals surface area contributed by atoms with Crippen LogP contribution in [0.3, 0.4) is 0 Å². The fraction of sp³-hybridized carbons (Fsp3) is 0.190.